The summed E-state index contributed by atoms with van der Waals surface area (Å²) in [4.78, 5) is 22.7. The Morgan fingerprint density at radius 3 is 2.11 bits per heavy atom. The van der Waals surface area contributed by atoms with Crippen molar-refractivity contribution in [2.75, 3.05) is 0 Å². The van der Waals surface area contributed by atoms with Gasteiger partial charge in [0, 0.05) is 6.42 Å². The molecule has 0 radical (unpaired) electrons. The molecule has 0 amide bonds. The van der Waals surface area contributed by atoms with E-state index in [2.05, 4.69) is 0 Å². The first-order valence-corrected chi connectivity index (χ1v) is 6.29. The summed E-state index contributed by atoms with van der Waals surface area (Å²) in [6.45, 7) is 8.45. The Balaban J connectivity index is 4.13. The molecule has 0 saturated carbocycles. The van der Waals surface area contributed by atoms with Gasteiger partial charge in [-0.15, -0.1) is 0 Å². The molecule has 0 aromatic carbocycles. The van der Waals surface area contributed by atoms with Gasteiger partial charge in [0.05, 0.1) is 18.6 Å². The second kappa shape index (κ2) is 7.45. The highest BCUT2D eigenvalue weighted by Gasteiger charge is 2.25. The number of rotatable bonds is 6. The lowest BCUT2D eigenvalue weighted by Gasteiger charge is -2.21. The molecule has 2 unspecified atom stereocenters. The molecule has 2 N–H and O–H groups in total. The van der Waals surface area contributed by atoms with E-state index in [1.54, 1.807) is 34.6 Å². The third-order valence-electron chi connectivity index (χ3n) is 1.94. The highest BCUT2D eigenvalue weighted by atomic mass is 16.6. The number of ether oxygens (including phenoxy) is 2. The highest BCUT2D eigenvalue weighted by Crippen LogP contribution is 2.12. The summed E-state index contributed by atoms with van der Waals surface area (Å²) < 4.78 is 9.80. The van der Waals surface area contributed by atoms with E-state index in [-0.39, 0.29) is 18.9 Å². The van der Waals surface area contributed by atoms with Crippen molar-refractivity contribution in [3.05, 3.63) is 0 Å². The van der Waals surface area contributed by atoms with Gasteiger partial charge >= 0.3 is 11.9 Å². The fourth-order valence-electron chi connectivity index (χ4n) is 1.32. The molecule has 0 spiro atoms. The van der Waals surface area contributed by atoms with Crippen molar-refractivity contribution < 1.29 is 29.3 Å². The fourth-order valence-corrected chi connectivity index (χ4v) is 1.32. The van der Waals surface area contributed by atoms with Crippen LogP contribution in [0.15, 0.2) is 0 Å². The van der Waals surface area contributed by atoms with Crippen LogP contribution in [0.4, 0.5) is 0 Å². The van der Waals surface area contributed by atoms with Crippen LogP contribution in [-0.2, 0) is 19.1 Å². The molecule has 6 nitrogen and oxygen atoms in total. The van der Waals surface area contributed by atoms with Crippen LogP contribution in [0.1, 0.15) is 47.5 Å². The molecular weight excluding hydrogens is 252 g/mol. The molecule has 0 rings (SSSR count). The van der Waals surface area contributed by atoms with Crippen LogP contribution in [0.5, 0.6) is 0 Å². The lowest BCUT2D eigenvalue weighted by atomic mass is 10.1. The quantitative estimate of drug-likeness (QED) is 0.696. The van der Waals surface area contributed by atoms with Crippen molar-refractivity contribution in [3.8, 4) is 0 Å². The van der Waals surface area contributed by atoms with E-state index in [9.17, 15) is 19.8 Å². The molecule has 0 aliphatic heterocycles. The maximum atomic E-state index is 11.4. The zero-order chi connectivity index (χ0) is 15.2. The summed E-state index contributed by atoms with van der Waals surface area (Å²) in [5.74, 6) is -1.39. The van der Waals surface area contributed by atoms with E-state index >= 15 is 0 Å². The first-order valence-electron chi connectivity index (χ1n) is 6.29. The Hall–Kier alpha value is -1.14. The summed E-state index contributed by atoms with van der Waals surface area (Å²) in [5.41, 5.74) is -0.633. The molecule has 2 atom stereocenters. The minimum atomic E-state index is -1.44. The van der Waals surface area contributed by atoms with Crippen LogP contribution >= 0.6 is 0 Å². The van der Waals surface area contributed by atoms with Gasteiger partial charge in [-0.3, -0.25) is 4.79 Å². The Morgan fingerprint density at radius 1 is 1.16 bits per heavy atom. The van der Waals surface area contributed by atoms with Crippen LogP contribution < -0.4 is 0 Å². The monoisotopic (exact) mass is 276 g/mol. The minimum Gasteiger partial charge on any atom is -0.461 e. The van der Waals surface area contributed by atoms with E-state index in [1.807, 2.05) is 0 Å². The van der Waals surface area contributed by atoms with Crippen LogP contribution in [0.25, 0.3) is 0 Å². The SMILES string of the molecule is CC(C)OC(=O)C(O)CC(O)CC(=O)OC(C)(C)C. The number of aliphatic hydroxyl groups excluding tert-OH is 2. The van der Waals surface area contributed by atoms with Crippen molar-refractivity contribution in [3.63, 3.8) is 0 Å². The van der Waals surface area contributed by atoms with Crippen molar-refractivity contribution >= 4 is 11.9 Å². The van der Waals surface area contributed by atoms with Crippen LogP contribution in [0, 0.1) is 0 Å². The highest BCUT2D eigenvalue weighted by molar-refractivity contribution is 5.75. The van der Waals surface area contributed by atoms with Crippen LogP contribution in [0.2, 0.25) is 0 Å². The van der Waals surface area contributed by atoms with E-state index in [1.165, 1.54) is 0 Å². The number of carbonyl (C=O) groups excluding carboxylic acids is 2. The van der Waals surface area contributed by atoms with E-state index in [0.717, 1.165) is 0 Å². The predicted molar refractivity (Wildman–Crippen MR) is 68.3 cm³/mol. The third-order valence-corrected chi connectivity index (χ3v) is 1.94. The van der Waals surface area contributed by atoms with Gasteiger partial charge < -0.3 is 19.7 Å². The van der Waals surface area contributed by atoms with Crippen LogP contribution in [-0.4, -0.2) is 46.1 Å². The smallest absolute Gasteiger partial charge is 0.335 e. The molecule has 0 bridgehead atoms. The second-order valence-electron chi connectivity index (χ2n) is 5.68. The first-order chi connectivity index (χ1) is 8.51. The lowest BCUT2D eigenvalue weighted by molar-refractivity contribution is -0.162. The summed E-state index contributed by atoms with van der Waals surface area (Å²) in [6, 6.07) is 0. The lowest BCUT2D eigenvalue weighted by Crippen LogP contribution is -2.32. The summed E-state index contributed by atoms with van der Waals surface area (Å²) in [6.07, 6.45) is -3.47. The van der Waals surface area contributed by atoms with Crippen LogP contribution in [0.3, 0.4) is 0 Å². The van der Waals surface area contributed by atoms with Crippen molar-refractivity contribution in [1.82, 2.24) is 0 Å². The molecule has 0 fully saturated rings. The number of hydrogen-bond donors (Lipinski definition) is 2. The normalized spacial score (nSPS) is 14.9. The maximum Gasteiger partial charge on any atom is 0.335 e. The Labute approximate surface area is 113 Å². The van der Waals surface area contributed by atoms with Crippen molar-refractivity contribution in [2.45, 2.75) is 71.4 Å². The summed E-state index contributed by atoms with van der Waals surface area (Å²) in [5, 5.41) is 19.1. The Kier molecular flexibility index (Phi) is 7.00. The average Bonchev–Trinajstić information content (AvgIpc) is 2.11. The van der Waals surface area contributed by atoms with E-state index in [0.29, 0.717) is 0 Å². The molecule has 0 saturated heterocycles. The van der Waals surface area contributed by atoms with Gasteiger partial charge in [-0.05, 0) is 34.6 Å². The fraction of sp³-hybridized carbons (Fsp3) is 0.846. The molecule has 0 aliphatic carbocycles. The molecule has 19 heavy (non-hydrogen) atoms. The van der Waals surface area contributed by atoms with Gasteiger partial charge in [0.2, 0.25) is 0 Å². The van der Waals surface area contributed by atoms with Gasteiger partial charge in [0.25, 0.3) is 0 Å². The van der Waals surface area contributed by atoms with Gasteiger partial charge in [0.1, 0.15) is 5.60 Å². The van der Waals surface area contributed by atoms with E-state index < -0.39 is 29.7 Å². The van der Waals surface area contributed by atoms with Gasteiger partial charge in [-0.2, -0.15) is 0 Å². The Morgan fingerprint density at radius 2 is 1.68 bits per heavy atom. The minimum absolute atomic E-state index is 0.259. The van der Waals surface area contributed by atoms with Crippen molar-refractivity contribution in [2.24, 2.45) is 0 Å². The number of esters is 2. The number of carbonyl (C=O) groups is 2. The predicted octanol–water partition coefficient (Wildman–Crippen LogP) is 0.782. The molecule has 0 heterocycles. The first kappa shape index (κ1) is 17.9. The van der Waals surface area contributed by atoms with E-state index in [4.69, 9.17) is 9.47 Å². The largest absolute Gasteiger partial charge is 0.461 e. The third kappa shape index (κ3) is 9.44. The molecule has 0 aliphatic rings. The summed E-state index contributed by atoms with van der Waals surface area (Å²) >= 11 is 0. The zero-order valence-electron chi connectivity index (χ0n) is 12.2. The summed E-state index contributed by atoms with van der Waals surface area (Å²) in [7, 11) is 0. The van der Waals surface area contributed by atoms with Gasteiger partial charge in [-0.25, -0.2) is 4.79 Å². The zero-order valence-corrected chi connectivity index (χ0v) is 12.2. The van der Waals surface area contributed by atoms with Gasteiger partial charge in [-0.1, -0.05) is 0 Å². The molecule has 6 heteroatoms. The standard InChI is InChI=1S/C13H24O6/c1-8(2)18-12(17)10(15)6-9(14)7-11(16)19-13(3,4)5/h8-10,14-15H,6-7H2,1-5H3. The Bertz CT molecular complexity index is 305. The van der Waals surface area contributed by atoms with Gasteiger partial charge in [0.15, 0.2) is 6.10 Å². The maximum absolute atomic E-state index is 11.4. The molecule has 112 valence electrons. The van der Waals surface area contributed by atoms with Crippen molar-refractivity contribution in [1.29, 1.82) is 0 Å². The second-order valence-corrected chi connectivity index (χ2v) is 5.68. The molecular formula is C13H24O6. The topological polar surface area (TPSA) is 93.1 Å². The molecule has 0 aromatic rings. The number of aliphatic hydroxyl groups is 2. The number of hydrogen-bond acceptors (Lipinski definition) is 6. The average molecular weight is 276 g/mol. The molecule has 0 aromatic heterocycles.